The second-order valence-corrected chi connectivity index (χ2v) is 5.58. The van der Waals surface area contributed by atoms with Gasteiger partial charge in [0.05, 0.1) is 9.77 Å². The monoisotopic (exact) mass is 225 g/mol. The average molecular weight is 225 g/mol. The van der Waals surface area contributed by atoms with Crippen molar-refractivity contribution in [1.82, 2.24) is 0 Å². The molecule has 1 heterocycles. The number of aryl methyl sites for hydroxylation is 1. The van der Waals surface area contributed by atoms with E-state index in [0.29, 0.717) is 0 Å². The first-order chi connectivity index (χ1) is 6.81. The van der Waals surface area contributed by atoms with Crippen molar-refractivity contribution < 1.29 is 0 Å². The predicted molar refractivity (Wildman–Crippen MR) is 64.0 cm³/mol. The number of thioether (sulfide) groups is 1. The van der Waals surface area contributed by atoms with Crippen molar-refractivity contribution >= 4 is 23.1 Å². The second kappa shape index (κ2) is 6.10. The summed E-state index contributed by atoms with van der Waals surface area (Å²) in [7, 11) is 0. The Labute approximate surface area is 94.1 Å². The normalized spacial score (nSPS) is 10.1. The fourth-order valence-corrected chi connectivity index (χ4v) is 3.55. The molecule has 0 bridgehead atoms. The van der Waals surface area contributed by atoms with E-state index in [1.807, 2.05) is 17.8 Å². The lowest BCUT2D eigenvalue weighted by Crippen LogP contribution is -1.77. The van der Waals surface area contributed by atoms with Crippen LogP contribution in [0.25, 0.3) is 0 Å². The van der Waals surface area contributed by atoms with E-state index in [1.54, 1.807) is 11.3 Å². The highest BCUT2D eigenvalue weighted by Crippen LogP contribution is 2.32. The molecule has 1 nitrogen and oxygen atoms in total. The summed E-state index contributed by atoms with van der Waals surface area (Å²) in [6.07, 6.45) is 3.49. The van der Waals surface area contributed by atoms with Crippen molar-refractivity contribution in [2.24, 2.45) is 0 Å². The third-order valence-corrected chi connectivity index (χ3v) is 4.60. The first-order valence-electron chi connectivity index (χ1n) is 4.97. The number of nitriles is 1. The highest BCUT2D eigenvalue weighted by atomic mass is 32.2. The van der Waals surface area contributed by atoms with Crippen LogP contribution < -0.4 is 0 Å². The zero-order valence-electron chi connectivity index (χ0n) is 8.67. The molecule has 0 aliphatic carbocycles. The Hall–Kier alpha value is -0.460. The van der Waals surface area contributed by atoms with Gasteiger partial charge in [-0.15, -0.1) is 23.1 Å². The molecule has 1 aromatic rings. The summed E-state index contributed by atoms with van der Waals surface area (Å²) in [5.74, 6) is 1.13. The summed E-state index contributed by atoms with van der Waals surface area (Å²) in [5.41, 5.74) is 0.868. The minimum Gasteiger partial charge on any atom is -0.192 e. The quantitative estimate of drug-likeness (QED) is 0.557. The number of rotatable bonds is 5. The summed E-state index contributed by atoms with van der Waals surface area (Å²) < 4.78 is 1.21. The Kier molecular flexibility index (Phi) is 5.06. The SMILES string of the molecule is CCCCSc1sc(CC)cc1C#N. The highest BCUT2D eigenvalue weighted by Gasteiger charge is 2.07. The number of thiophene rings is 1. The Balaban J connectivity index is 2.65. The van der Waals surface area contributed by atoms with Gasteiger partial charge in [0.25, 0.3) is 0 Å². The van der Waals surface area contributed by atoms with Crippen LogP contribution in [0.2, 0.25) is 0 Å². The molecule has 0 aliphatic heterocycles. The first-order valence-corrected chi connectivity index (χ1v) is 6.77. The molecule has 0 saturated heterocycles. The fourth-order valence-electron chi connectivity index (χ4n) is 1.09. The molecule has 0 aromatic carbocycles. The molecule has 0 unspecified atom stereocenters. The Morgan fingerprint density at radius 2 is 2.29 bits per heavy atom. The van der Waals surface area contributed by atoms with Gasteiger partial charge in [-0.2, -0.15) is 5.26 Å². The maximum atomic E-state index is 8.93. The average Bonchev–Trinajstić information content (AvgIpc) is 2.61. The molecule has 1 rings (SSSR count). The van der Waals surface area contributed by atoms with E-state index in [0.717, 1.165) is 17.7 Å². The Morgan fingerprint density at radius 3 is 2.86 bits per heavy atom. The number of unbranched alkanes of at least 4 members (excludes halogenated alkanes) is 1. The maximum absolute atomic E-state index is 8.93. The number of hydrogen-bond donors (Lipinski definition) is 0. The van der Waals surface area contributed by atoms with Crippen LogP contribution in [0.15, 0.2) is 10.3 Å². The molecule has 0 radical (unpaired) electrons. The third-order valence-electron chi connectivity index (χ3n) is 1.95. The standard InChI is InChI=1S/C11H15NS2/c1-3-5-6-13-11-9(8-12)7-10(4-2)14-11/h7H,3-6H2,1-2H3. The van der Waals surface area contributed by atoms with Gasteiger partial charge < -0.3 is 0 Å². The van der Waals surface area contributed by atoms with Gasteiger partial charge in [0.1, 0.15) is 6.07 Å². The van der Waals surface area contributed by atoms with Crippen LogP contribution in [-0.4, -0.2) is 5.75 Å². The minimum absolute atomic E-state index is 0.868. The molecular formula is C11H15NS2. The maximum Gasteiger partial charge on any atom is 0.101 e. The van der Waals surface area contributed by atoms with Gasteiger partial charge in [0.15, 0.2) is 0 Å². The molecule has 0 aliphatic rings. The lowest BCUT2D eigenvalue weighted by Gasteiger charge is -1.96. The fraction of sp³-hybridized carbons (Fsp3) is 0.545. The topological polar surface area (TPSA) is 23.8 Å². The van der Waals surface area contributed by atoms with E-state index < -0.39 is 0 Å². The van der Waals surface area contributed by atoms with Crippen LogP contribution in [0.1, 0.15) is 37.1 Å². The van der Waals surface area contributed by atoms with Crippen LogP contribution in [-0.2, 0) is 6.42 Å². The largest absolute Gasteiger partial charge is 0.192 e. The van der Waals surface area contributed by atoms with Crippen molar-refractivity contribution in [1.29, 1.82) is 5.26 Å². The smallest absolute Gasteiger partial charge is 0.101 e. The van der Waals surface area contributed by atoms with Gasteiger partial charge in [0, 0.05) is 4.88 Å². The van der Waals surface area contributed by atoms with E-state index in [9.17, 15) is 0 Å². The van der Waals surface area contributed by atoms with Gasteiger partial charge in [0.2, 0.25) is 0 Å². The Morgan fingerprint density at radius 1 is 1.50 bits per heavy atom. The van der Waals surface area contributed by atoms with Gasteiger partial charge in [-0.05, 0) is 24.7 Å². The Bertz CT molecular complexity index is 323. The zero-order chi connectivity index (χ0) is 10.4. The lowest BCUT2D eigenvalue weighted by atomic mass is 10.3. The zero-order valence-corrected chi connectivity index (χ0v) is 10.3. The molecule has 0 amide bonds. The van der Waals surface area contributed by atoms with E-state index in [1.165, 1.54) is 21.9 Å². The molecular weight excluding hydrogens is 210 g/mol. The van der Waals surface area contributed by atoms with Crippen molar-refractivity contribution in [2.45, 2.75) is 37.3 Å². The predicted octanol–water partition coefficient (Wildman–Crippen LogP) is 4.07. The second-order valence-electron chi connectivity index (χ2n) is 3.08. The van der Waals surface area contributed by atoms with E-state index in [4.69, 9.17) is 5.26 Å². The van der Waals surface area contributed by atoms with Gasteiger partial charge in [-0.3, -0.25) is 0 Å². The van der Waals surface area contributed by atoms with Crippen LogP contribution in [0.5, 0.6) is 0 Å². The van der Waals surface area contributed by atoms with Gasteiger partial charge in [-0.25, -0.2) is 0 Å². The van der Waals surface area contributed by atoms with Crippen molar-refractivity contribution in [3.8, 4) is 6.07 Å². The molecule has 0 atom stereocenters. The van der Waals surface area contributed by atoms with E-state index in [-0.39, 0.29) is 0 Å². The van der Waals surface area contributed by atoms with Crippen molar-refractivity contribution in [3.63, 3.8) is 0 Å². The van der Waals surface area contributed by atoms with Crippen LogP contribution >= 0.6 is 23.1 Å². The lowest BCUT2D eigenvalue weighted by molar-refractivity contribution is 0.896. The first kappa shape index (κ1) is 11.6. The van der Waals surface area contributed by atoms with Gasteiger partial charge in [-0.1, -0.05) is 20.3 Å². The molecule has 0 N–H and O–H groups in total. The minimum atomic E-state index is 0.868. The molecule has 76 valence electrons. The van der Waals surface area contributed by atoms with E-state index >= 15 is 0 Å². The third kappa shape index (κ3) is 3.04. The van der Waals surface area contributed by atoms with E-state index in [2.05, 4.69) is 19.9 Å². The summed E-state index contributed by atoms with van der Waals surface area (Å²) >= 11 is 3.60. The van der Waals surface area contributed by atoms with Crippen LogP contribution in [0, 0.1) is 11.3 Å². The summed E-state index contributed by atoms with van der Waals surface area (Å²) in [6.45, 7) is 4.32. The summed E-state index contributed by atoms with van der Waals surface area (Å²) in [6, 6.07) is 4.29. The van der Waals surface area contributed by atoms with Crippen molar-refractivity contribution in [2.75, 3.05) is 5.75 Å². The van der Waals surface area contributed by atoms with Gasteiger partial charge >= 0.3 is 0 Å². The molecule has 0 spiro atoms. The van der Waals surface area contributed by atoms with Crippen LogP contribution in [0.4, 0.5) is 0 Å². The van der Waals surface area contributed by atoms with Crippen LogP contribution in [0.3, 0.4) is 0 Å². The summed E-state index contributed by atoms with van der Waals surface area (Å²) in [5, 5.41) is 8.93. The molecule has 3 heteroatoms. The molecule has 14 heavy (non-hydrogen) atoms. The molecule has 1 aromatic heterocycles. The number of hydrogen-bond acceptors (Lipinski definition) is 3. The molecule has 0 fully saturated rings. The number of nitrogens with zero attached hydrogens (tertiary/aromatic N) is 1. The summed E-state index contributed by atoms with van der Waals surface area (Å²) in [4.78, 5) is 1.32. The highest BCUT2D eigenvalue weighted by molar-refractivity contribution is 8.01. The molecule has 0 saturated carbocycles. The van der Waals surface area contributed by atoms with Crippen molar-refractivity contribution in [3.05, 3.63) is 16.5 Å².